The fourth-order valence-electron chi connectivity index (χ4n) is 0.548. The van der Waals surface area contributed by atoms with Crippen molar-refractivity contribution in [2.24, 2.45) is 0 Å². The summed E-state index contributed by atoms with van der Waals surface area (Å²) in [5.74, 6) is -2.05. The first-order valence-corrected chi connectivity index (χ1v) is 3.23. The molecule has 0 radical (unpaired) electrons. The van der Waals surface area contributed by atoms with Crippen LogP contribution in [0.1, 0.15) is 0 Å². The van der Waals surface area contributed by atoms with Gasteiger partial charge in [0, 0.05) is 4.90 Å². The Morgan fingerprint density at radius 1 is 1.27 bits per heavy atom. The molecule has 0 amide bonds. The van der Waals surface area contributed by atoms with E-state index in [4.69, 9.17) is 0 Å². The molecule has 0 fully saturated rings. The van der Waals surface area contributed by atoms with Crippen LogP contribution in [0.5, 0.6) is 0 Å². The van der Waals surface area contributed by atoms with Crippen LogP contribution in [0.25, 0.3) is 0 Å². The van der Waals surface area contributed by atoms with Gasteiger partial charge in [0.15, 0.2) is 11.6 Å². The maximum Gasteiger partial charge on any atom is 1.00 e. The predicted molar refractivity (Wildman–Crippen MR) is 33.0 cm³/mol. The molecule has 0 bridgehead atoms. The summed E-state index contributed by atoms with van der Waals surface area (Å²) in [7, 11) is 0. The van der Waals surface area contributed by atoms with E-state index in [1.165, 1.54) is 12.1 Å². The summed E-state index contributed by atoms with van der Waals surface area (Å²) < 4.78 is 34.7. The average molecular weight is 184 g/mol. The molecule has 11 heavy (non-hydrogen) atoms. The van der Waals surface area contributed by atoms with Gasteiger partial charge in [0.05, 0.1) is 0 Å². The Morgan fingerprint density at radius 3 is 2.36 bits per heavy atom. The Hall–Kier alpha value is 0.390. The molecule has 0 atom stereocenters. The van der Waals surface area contributed by atoms with Crippen LogP contribution in [0, 0.1) is 11.6 Å². The monoisotopic (exact) mass is 184 g/mol. The first kappa shape index (κ1) is 11.4. The molecule has 1 aromatic rings. The summed E-state index contributed by atoms with van der Waals surface area (Å²) in [5, 5.41) is 0. The summed E-state index contributed by atoms with van der Waals surface area (Å²) in [6.45, 7) is 0. The third-order valence-corrected chi connectivity index (χ3v) is 1.50. The van der Waals surface area contributed by atoms with E-state index in [-0.39, 0.29) is 46.5 Å². The third-order valence-electron chi connectivity index (χ3n) is 1.01. The summed E-state index contributed by atoms with van der Waals surface area (Å²) in [4.78, 5) is -0.208. The van der Waals surface area contributed by atoms with Crippen LogP contribution < -0.4 is 29.6 Å². The Labute approximate surface area is 89.3 Å². The van der Waals surface area contributed by atoms with Crippen LogP contribution in [0.2, 0.25) is 0 Å². The second kappa shape index (κ2) is 5.11. The molecule has 1 nitrogen and oxygen atoms in total. The molecule has 0 saturated carbocycles. The van der Waals surface area contributed by atoms with Crippen molar-refractivity contribution in [3.63, 3.8) is 0 Å². The number of benzene rings is 1. The molecule has 0 spiro atoms. The maximum atomic E-state index is 12.4. The van der Waals surface area contributed by atoms with E-state index in [1.807, 2.05) is 0 Å². The molecule has 0 saturated heterocycles. The molecule has 54 valence electrons. The standard InChI is InChI=1S/C6H4F2OS.Na/c7-4-2-1-3-5(10-9)6(4)8;/h1-3,9H;/q;+1/p-1. The topological polar surface area (TPSA) is 23.1 Å². The van der Waals surface area contributed by atoms with Gasteiger partial charge < -0.3 is 4.55 Å². The van der Waals surface area contributed by atoms with Gasteiger partial charge in [0.25, 0.3) is 0 Å². The minimum Gasteiger partial charge on any atom is -0.795 e. The number of halogens is 2. The van der Waals surface area contributed by atoms with Gasteiger partial charge in [-0.3, -0.25) is 0 Å². The van der Waals surface area contributed by atoms with Crippen molar-refractivity contribution in [1.82, 2.24) is 0 Å². The smallest absolute Gasteiger partial charge is 0.795 e. The Balaban J connectivity index is 0.000001000. The average Bonchev–Trinajstić information content (AvgIpc) is 1.95. The molecule has 1 aromatic carbocycles. The SMILES string of the molecule is [Na+].[O-]Sc1cccc(F)c1F. The van der Waals surface area contributed by atoms with E-state index in [0.29, 0.717) is 0 Å². The zero-order valence-electron chi connectivity index (χ0n) is 5.80. The first-order valence-electron chi connectivity index (χ1n) is 2.49. The molecule has 0 aromatic heterocycles. The molecule has 0 heterocycles. The van der Waals surface area contributed by atoms with Crippen LogP contribution in [0.4, 0.5) is 8.78 Å². The van der Waals surface area contributed by atoms with Gasteiger partial charge in [-0.05, 0) is 12.1 Å². The Morgan fingerprint density at radius 2 is 1.91 bits per heavy atom. The first-order chi connectivity index (χ1) is 4.75. The molecule has 0 aliphatic heterocycles. The minimum atomic E-state index is -1.07. The van der Waals surface area contributed by atoms with Gasteiger partial charge in [-0.15, -0.1) is 0 Å². The van der Waals surface area contributed by atoms with Crippen molar-refractivity contribution < 1.29 is 42.9 Å². The zero-order valence-corrected chi connectivity index (χ0v) is 8.62. The van der Waals surface area contributed by atoms with Crippen LogP contribution in [-0.4, -0.2) is 4.55 Å². The van der Waals surface area contributed by atoms with Crippen LogP contribution >= 0.6 is 12.0 Å². The Kier molecular flexibility index (Phi) is 5.29. The van der Waals surface area contributed by atoms with Crippen LogP contribution in [0.3, 0.4) is 0 Å². The number of hydrogen-bond donors (Lipinski definition) is 0. The molecule has 0 aliphatic carbocycles. The van der Waals surface area contributed by atoms with E-state index in [1.54, 1.807) is 0 Å². The largest absolute Gasteiger partial charge is 1.00 e. The van der Waals surface area contributed by atoms with Gasteiger partial charge in [0.1, 0.15) is 0 Å². The fraction of sp³-hybridized carbons (Fsp3) is 0. The maximum absolute atomic E-state index is 12.4. The normalized spacial score (nSPS) is 9.00. The molecule has 0 N–H and O–H groups in total. The van der Waals surface area contributed by atoms with Crippen LogP contribution in [0.15, 0.2) is 23.1 Å². The molecular weight excluding hydrogens is 181 g/mol. The molecule has 0 unspecified atom stereocenters. The van der Waals surface area contributed by atoms with Gasteiger partial charge in [-0.25, -0.2) is 20.8 Å². The van der Waals surface area contributed by atoms with Gasteiger partial charge in [-0.1, -0.05) is 6.07 Å². The number of hydrogen-bond acceptors (Lipinski definition) is 2. The van der Waals surface area contributed by atoms with E-state index >= 15 is 0 Å². The fourth-order valence-corrected chi connectivity index (χ4v) is 0.853. The second-order valence-corrected chi connectivity index (χ2v) is 2.24. The number of rotatable bonds is 1. The van der Waals surface area contributed by atoms with Gasteiger partial charge >= 0.3 is 29.6 Å². The van der Waals surface area contributed by atoms with E-state index in [9.17, 15) is 13.3 Å². The summed E-state index contributed by atoms with van der Waals surface area (Å²) in [5.41, 5.74) is 0. The van der Waals surface area contributed by atoms with Gasteiger partial charge in [0.2, 0.25) is 0 Å². The molecule has 0 aliphatic rings. The van der Waals surface area contributed by atoms with Crippen molar-refractivity contribution in [2.75, 3.05) is 0 Å². The molecular formula is C6H3F2NaOS. The third kappa shape index (κ3) is 2.72. The van der Waals surface area contributed by atoms with Crippen molar-refractivity contribution in [2.45, 2.75) is 4.90 Å². The van der Waals surface area contributed by atoms with Crippen molar-refractivity contribution in [1.29, 1.82) is 0 Å². The second-order valence-electron chi connectivity index (χ2n) is 1.64. The summed E-state index contributed by atoms with van der Waals surface area (Å²) >= 11 is -0.0554. The van der Waals surface area contributed by atoms with E-state index in [2.05, 4.69) is 0 Å². The zero-order chi connectivity index (χ0) is 7.56. The van der Waals surface area contributed by atoms with Crippen molar-refractivity contribution >= 4 is 12.0 Å². The quantitative estimate of drug-likeness (QED) is 0.421. The van der Waals surface area contributed by atoms with Crippen LogP contribution in [-0.2, 0) is 0 Å². The Bertz CT molecular complexity index is 244. The van der Waals surface area contributed by atoms with Crippen molar-refractivity contribution in [3.05, 3.63) is 29.8 Å². The predicted octanol–water partition coefficient (Wildman–Crippen LogP) is -0.809. The molecule has 1 rings (SSSR count). The minimum absolute atomic E-state index is 0. The van der Waals surface area contributed by atoms with Gasteiger partial charge in [-0.2, -0.15) is 0 Å². The van der Waals surface area contributed by atoms with E-state index < -0.39 is 11.6 Å². The van der Waals surface area contributed by atoms with E-state index in [0.717, 1.165) is 6.07 Å². The summed E-state index contributed by atoms with van der Waals surface area (Å²) in [6, 6.07) is 3.49. The van der Waals surface area contributed by atoms with Crippen molar-refractivity contribution in [3.8, 4) is 0 Å². The summed E-state index contributed by atoms with van der Waals surface area (Å²) in [6.07, 6.45) is 0. The molecule has 5 heteroatoms.